The maximum Gasteiger partial charge on any atom is 0.279 e. The normalized spacial score (nSPS) is 11.6. The van der Waals surface area contributed by atoms with Gasteiger partial charge in [0, 0.05) is 6.54 Å². The molecule has 5 nitrogen and oxygen atoms in total. The monoisotopic (exact) mass is 364 g/mol. The molecule has 0 fully saturated rings. The molecule has 1 unspecified atom stereocenters. The average Bonchev–Trinajstić information content (AvgIpc) is 2.56. The number of hydrogen-bond acceptors (Lipinski definition) is 2. The first kappa shape index (κ1) is 18.9. The number of quaternary nitrogens is 1. The molecule has 2 aromatic rings. The number of carbonyl (C=O) groups excluding carboxylic acids is 2. The Morgan fingerprint density at radius 1 is 1.04 bits per heavy atom. The third kappa shape index (κ3) is 6.52. The van der Waals surface area contributed by atoms with Crippen LogP contribution in [-0.2, 0) is 16.1 Å². The zero-order valence-electron chi connectivity index (χ0n) is 13.8. The molecule has 0 aliphatic heterocycles. The molecule has 0 spiro atoms. The van der Waals surface area contributed by atoms with E-state index in [2.05, 4.69) is 10.6 Å². The summed E-state index contributed by atoms with van der Waals surface area (Å²) in [6, 6.07) is 12.9. The summed E-state index contributed by atoms with van der Waals surface area (Å²) in [6.07, 6.45) is 0. The van der Waals surface area contributed by atoms with Crippen molar-refractivity contribution in [1.82, 2.24) is 5.32 Å². The number of carbonyl (C=O) groups is 2. The highest BCUT2D eigenvalue weighted by Crippen LogP contribution is 2.19. The Morgan fingerprint density at radius 3 is 2.36 bits per heavy atom. The van der Waals surface area contributed by atoms with E-state index in [1.807, 2.05) is 0 Å². The summed E-state index contributed by atoms with van der Waals surface area (Å²) in [5, 5.41) is 5.93. The van der Waals surface area contributed by atoms with E-state index in [9.17, 15) is 14.0 Å². The van der Waals surface area contributed by atoms with Crippen LogP contribution in [0.1, 0.15) is 5.56 Å². The summed E-state index contributed by atoms with van der Waals surface area (Å²) in [7, 11) is 1.75. The number of anilines is 1. The molecule has 0 aliphatic carbocycles. The van der Waals surface area contributed by atoms with E-state index in [0.29, 0.717) is 17.3 Å². The van der Waals surface area contributed by atoms with Crippen molar-refractivity contribution in [2.24, 2.45) is 0 Å². The third-order valence-electron chi connectivity index (χ3n) is 3.48. The standard InChI is InChI=1S/C18H19ClFN3O2/c1-23(12-18(25)22-16-5-3-2-4-15(16)19)11-17(24)21-10-13-6-8-14(20)9-7-13/h2-9H,10-12H2,1H3,(H,21,24)(H,22,25)/p+1. The lowest BCUT2D eigenvalue weighted by molar-refractivity contribution is -0.862. The quantitative estimate of drug-likeness (QED) is 0.692. The van der Waals surface area contributed by atoms with Gasteiger partial charge in [0.1, 0.15) is 5.82 Å². The first-order valence-corrected chi connectivity index (χ1v) is 8.18. The Morgan fingerprint density at radius 2 is 1.68 bits per heavy atom. The van der Waals surface area contributed by atoms with E-state index in [1.165, 1.54) is 12.1 Å². The molecule has 0 aromatic heterocycles. The molecule has 1 atom stereocenters. The maximum atomic E-state index is 12.8. The van der Waals surface area contributed by atoms with Crippen LogP contribution in [0.25, 0.3) is 0 Å². The van der Waals surface area contributed by atoms with Gasteiger partial charge in [-0.15, -0.1) is 0 Å². The first-order valence-electron chi connectivity index (χ1n) is 7.81. The van der Waals surface area contributed by atoms with Gasteiger partial charge in [0.25, 0.3) is 11.8 Å². The second-order valence-electron chi connectivity index (χ2n) is 5.74. The van der Waals surface area contributed by atoms with E-state index in [1.54, 1.807) is 43.4 Å². The SMILES string of the molecule is C[NH+](CC(=O)NCc1ccc(F)cc1)CC(=O)Nc1ccccc1Cl. The number of halogens is 2. The summed E-state index contributed by atoms with van der Waals surface area (Å²) in [6.45, 7) is 0.602. The molecule has 3 N–H and O–H groups in total. The van der Waals surface area contributed by atoms with Gasteiger partial charge >= 0.3 is 0 Å². The molecule has 25 heavy (non-hydrogen) atoms. The molecule has 0 heterocycles. The van der Waals surface area contributed by atoms with E-state index >= 15 is 0 Å². The fourth-order valence-electron chi connectivity index (χ4n) is 2.23. The molecule has 132 valence electrons. The minimum absolute atomic E-state index is 0.134. The van der Waals surface area contributed by atoms with Crippen molar-refractivity contribution < 1.29 is 18.9 Å². The average molecular weight is 365 g/mol. The molecular formula is C18H20ClFN3O2+. The summed E-state index contributed by atoms with van der Waals surface area (Å²) < 4.78 is 12.8. The van der Waals surface area contributed by atoms with Crippen molar-refractivity contribution in [1.29, 1.82) is 0 Å². The van der Waals surface area contributed by atoms with E-state index in [4.69, 9.17) is 11.6 Å². The highest BCUT2D eigenvalue weighted by atomic mass is 35.5. The molecule has 0 bridgehead atoms. The Hall–Kier alpha value is -2.44. The molecular weight excluding hydrogens is 345 g/mol. The van der Waals surface area contributed by atoms with Crippen molar-refractivity contribution >= 4 is 29.1 Å². The van der Waals surface area contributed by atoms with Gasteiger partial charge in [-0.3, -0.25) is 9.59 Å². The van der Waals surface area contributed by atoms with Crippen molar-refractivity contribution in [3.8, 4) is 0 Å². The summed E-state index contributed by atoms with van der Waals surface area (Å²) >= 11 is 5.99. The topological polar surface area (TPSA) is 62.6 Å². The van der Waals surface area contributed by atoms with Gasteiger partial charge < -0.3 is 15.5 Å². The van der Waals surface area contributed by atoms with Gasteiger partial charge in [-0.1, -0.05) is 35.9 Å². The lowest BCUT2D eigenvalue weighted by atomic mass is 10.2. The van der Waals surface area contributed by atoms with Crippen molar-refractivity contribution in [2.75, 3.05) is 25.5 Å². The highest BCUT2D eigenvalue weighted by molar-refractivity contribution is 6.33. The molecule has 2 aromatic carbocycles. The molecule has 0 radical (unpaired) electrons. The summed E-state index contributed by atoms with van der Waals surface area (Å²) in [5.74, 6) is -0.729. The minimum atomic E-state index is -0.316. The smallest absolute Gasteiger partial charge is 0.279 e. The van der Waals surface area contributed by atoms with E-state index in [0.717, 1.165) is 10.5 Å². The predicted molar refractivity (Wildman–Crippen MR) is 94.9 cm³/mol. The second kappa shape index (κ2) is 9.15. The minimum Gasteiger partial charge on any atom is -0.347 e. The maximum absolute atomic E-state index is 12.8. The second-order valence-corrected chi connectivity index (χ2v) is 6.15. The van der Waals surface area contributed by atoms with E-state index in [-0.39, 0.29) is 30.7 Å². The number of amides is 2. The van der Waals surface area contributed by atoms with Crippen LogP contribution in [0.5, 0.6) is 0 Å². The number of rotatable bonds is 7. The van der Waals surface area contributed by atoms with Crippen LogP contribution >= 0.6 is 11.6 Å². The molecule has 2 amide bonds. The first-order chi connectivity index (χ1) is 11.9. The molecule has 2 rings (SSSR count). The number of benzene rings is 2. The molecule has 7 heteroatoms. The van der Waals surface area contributed by atoms with E-state index < -0.39 is 0 Å². The van der Waals surface area contributed by atoms with Gasteiger partial charge in [0.15, 0.2) is 13.1 Å². The Kier molecular flexibility index (Phi) is 6.91. The number of hydrogen-bond donors (Lipinski definition) is 3. The summed E-state index contributed by atoms with van der Waals surface area (Å²) in [4.78, 5) is 24.7. The zero-order valence-corrected chi connectivity index (χ0v) is 14.6. The Bertz CT molecular complexity index is 737. The van der Waals surface area contributed by atoms with Crippen LogP contribution in [0.15, 0.2) is 48.5 Å². The lowest BCUT2D eigenvalue weighted by Gasteiger charge is -2.14. The fourth-order valence-corrected chi connectivity index (χ4v) is 2.42. The van der Waals surface area contributed by atoms with Crippen LogP contribution in [0.2, 0.25) is 5.02 Å². The van der Waals surface area contributed by atoms with Crippen molar-refractivity contribution in [3.63, 3.8) is 0 Å². The van der Waals surface area contributed by atoms with Crippen LogP contribution in [0, 0.1) is 5.82 Å². The van der Waals surface area contributed by atoms with Crippen LogP contribution < -0.4 is 15.5 Å². The zero-order chi connectivity index (χ0) is 18.2. The largest absolute Gasteiger partial charge is 0.347 e. The van der Waals surface area contributed by atoms with Gasteiger partial charge in [0.05, 0.1) is 17.8 Å². The fraction of sp³-hybridized carbons (Fsp3) is 0.222. The molecule has 0 saturated carbocycles. The van der Waals surface area contributed by atoms with Crippen molar-refractivity contribution in [2.45, 2.75) is 6.54 Å². The number of likely N-dealkylation sites (N-methyl/N-ethyl adjacent to an activating group) is 1. The third-order valence-corrected chi connectivity index (χ3v) is 3.81. The van der Waals surface area contributed by atoms with Gasteiger partial charge in [-0.2, -0.15) is 0 Å². The van der Waals surface area contributed by atoms with Crippen LogP contribution in [0.4, 0.5) is 10.1 Å². The number of nitrogens with one attached hydrogen (secondary N) is 3. The summed E-state index contributed by atoms with van der Waals surface area (Å²) in [5.41, 5.74) is 1.35. The molecule has 0 aliphatic rings. The van der Waals surface area contributed by atoms with Crippen LogP contribution in [-0.4, -0.2) is 32.0 Å². The predicted octanol–water partition coefficient (Wildman–Crippen LogP) is 1.25. The Labute approximate surface area is 150 Å². The molecule has 0 saturated heterocycles. The van der Waals surface area contributed by atoms with Gasteiger partial charge in [0.2, 0.25) is 0 Å². The highest BCUT2D eigenvalue weighted by Gasteiger charge is 2.15. The van der Waals surface area contributed by atoms with Gasteiger partial charge in [-0.05, 0) is 29.8 Å². The number of para-hydroxylation sites is 1. The van der Waals surface area contributed by atoms with Crippen molar-refractivity contribution in [3.05, 3.63) is 64.9 Å². The van der Waals surface area contributed by atoms with Gasteiger partial charge in [-0.25, -0.2) is 4.39 Å². The lowest BCUT2D eigenvalue weighted by Crippen LogP contribution is -3.11. The van der Waals surface area contributed by atoms with Crippen LogP contribution in [0.3, 0.4) is 0 Å². The Balaban J connectivity index is 1.74.